The van der Waals surface area contributed by atoms with Crippen LogP contribution in [0.5, 0.6) is 0 Å². The fraction of sp³-hybridized carbons (Fsp3) is 0.500. The zero-order valence-corrected chi connectivity index (χ0v) is 4.66. The van der Waals surface area contributed by atoms with E-state index >= 15 is 0 Å². The first-order valence-electron chi connectivity index (χ1n) is 1.77. The second-order valence-corrected chi connectivity index (χ2v) is 0.901. The molecule has 0 aromatic carbocycles. The van der Waals surface area contributed by atoms with Gasteiger partial charge in [-0.25, -0.2) is 0 Å². The third-order valence-electron chi connectivity index (χ3n) is 0.400. The Labute approximate surface area is 49.1 Å². The number of nitriles is 1. The molecule has 0 unspecified atom stereocenters. The second-order valence-electron chi connectivity index (χ2n) is 0.901. The third kappa shape index (κ3) is 10.8. The summed E-state index contributed by atoms with van der Waals surface area (Å²) >= 11 is 0. The molecule has 0 atom stereocenters. The summed E-state index contributed by atoms with van der Waals surface area (Å²) in [4.78, 5) is 0. The van der Waals surface area contributed by atoms with E-state index in [1.165, 1.54) is 6.21 Å². The van der Waals surface area contributed by atoms with E-state index in [1.807, 2.05) is 6.07 Å². The maximum Gasteiger partial charge on any atom is 0.0625 e. The van der Waals surface area contributed by atoms with Gasteiger partial charge in [0.1, 0.15) is 0 Å². The molecule has 0 saturated heterocycles. The van der Waals surface area contributed by atoms with Gasteiger partial charge >= 0.3 is 0 Å². The van der Waals surface area contributed by atoms with Crippen LogP contribution in [0, 0.1) is 16.7 Å². The zero-order chi connectivity index (χ0) is 4.83. The molecule has 0 aromatic heterocycles. The molecular weight excluding hydrogens is 112 g/mol. The van der Waals surface area contributed by atoms with Crippen LogP contribution in [-0.4, -0.2) is 6.21 Å². The lowest BCUT2D eigenvalue weighted by Crippen LogP contribution is -1.66. The van der Waals surface area contributed by atoms with Gasteiger partial charge in [0, 0.05) is 6.42 Å². The molecule has 0 amide bonds. The number of halogens is 1. The molecule has 0 aromatic rings. The van der Waals surface area contributed by atoms with Crippen molar-refractivity contribution >= 4 is 18.6 Å². The Kier molecular flexibility index (Phi) is 12.5. The second kappa shape index (κ2) is 9.07. The average molecular weight is 119 g/mol. The fourth-order valence-electron chi connectivity index (χ4n) is 0.137. The van der Waals surface area contributed by atoms with Crippen LogP contribution in [-0.2, 0) is 0 Å². The molecule has 0 fully saturated rings. The number of nitrogens with one attached hydrogen (secondary N) is 1. The van der Waals surface area contributed by atoms with Gasteiger partial charge in [0.2, 0.25) is 0 Å². The minimum atomic E-state index is 0. The van der Waals surface area contributed by atoms with Gasteiger partial charge < -0.3 is 5.41 Å². The van der Waals surface area contributed by atoms with Crippen molar-refractivity contribution in [3.63, 3.8) is 0 Å². The highest BCUT2D eigenvalue weighted by Crippen LogP contribution is 1.76. The van der Waals surface area contributed by atoms with Crippen LogP contribution in [0.3, 0.4) is 0 Å². The highest BCUT2D eigenvalue weighted by atomic mass is 35.5. The van der Waals surface area contributed by atoms with Crippen LogP contribution >= 0.6 is 12.4 Å². The smallest absolute Gasteiger partial charge is 0.0625 e. The van der Waals surface area contributed by atoms with Crippen molar-refractivity contribution in [2.75, 3.05) is 0 Å². The molecule has 2 nitrogen and oxygen atoms in total. The third-order valence-corrected chi connectivity index (χ3v) is 0.400. The molecule has 0 radical (unpaired) electrons. The van der Waals surface area contributed by atoms with Crippen molar-refractivity contribution < 1.29 is 0 Å². The van der Waals surface area contributed by atoms with Gasteiger partial charge in [-0.15, -0.1) is 12.4 Å². The van der Waals surface area contributed by atoms with Gasteiger partial charge in [-0.1, -0.05) is 0 Å². The van der Waals surface area contributed by atoms with Crippen molar-refractivity contribution in [2.24, 2.45) is 0 Å². The normalized spacial score (nSPS) is 5.57. The first-order valence-corrected chi connectivity index (χ1v) is 1.77. The van der Waals surface area contributed by atoms with Crippen LogP contribution in [0.15, 0.2) is 0 Å². The number of unbranched alkanes of at least 4 members (excludes halogenated alkanes) is 1. The number of hydrogen-bond donors (Lipinski definition) is 1. The van der Waals surface area contributed by atoms with E-state index in [-0.39, 0.29) is 12.4 Å². The number of nitrogens with zero attached hydrogens (tertiary/aromatic N) is 1. The van der Waals surface area contributed by atoms with E-state index in [0.29, 0.717) is 12.8 Å². The highest BCUT2D eigenvalue weighted by Gasteiger charge is 1.70. The van der Waals surface area contributed by atoms with Gasteiger partial charge in [-0.05, 0) is 12.6 Å². The Morgan fingerprint density at radius 3 is 2.43 bits per heavy atom. The fourth-order valence-corrected chi connectivity index (χ4v) is 0.137. The van der Waals surface area contributed by atoms with Gasteiger partial charge in [0.15, 0.2) is 0 Å². The molecule has 0 spiro atoms. The Balaban J connectivity index is 0. The minimum Gasteiger partial charge on any atom is -0.313 e. The first-order chi connectivity index (χ1) is 2.91. The molecular formula is C4H7ClN2. The lowest BCUT2D eigenvalue weighted by molar-refractivity contribution is 1.12. The average Bonchev–Trinajstić information content (AvgIpc) is 1.61. The maximum absolute atomic E-state index is 7.84. The molecule has 1 N–H and O–H groups in total. The van der Waals surface area contributed by atoms with Crippen LogP contribution < -0.4 is 0 Å². The topological polar surface area (TPSA) is 47.6 Å². The Hall–Kier alpha value is -0.550. The first kappa shape index (κ1) is 9.67. The highest BCUT2D eigenvalue weighted by molar-refractivity contribution is 5.85. The van der Waals surface area contributed by atoms with Crippen molar-refractivity contribution in [3.8, 4) is 6.07 Å². The molecule has 0 bridgehead atoms. The molecule has 40 valence electrons. The van der Waals surface area contributed by atoms with Crippen molar-refractivity contribution in [3.05, 3.63) is 0 Å². The molecule has 0 saturated carbocycles. The summed E-state index contributed by atoms with van der Waals surface area (Å²) < 4.78 is 0. The SMILES string of the molecule is Cl.N#CCCC=N. The molecule has 0 heterocycles. The van der Waals surface area contributed by atoms with Crippen molar-refractivity contribution in [1.29, 1.82) is 10.7 Å². The zero-order valence-electron chi connectivity index (χ0n) is 3.85. The van der Waals surface area contributed by atoms with Crippen molar-refractivity contribution in [2.45, 2.75) is 12.8 Å². The van der Waals surface area contributed by atoms with E-state index < -0.39 is 0 Å². The Morgan fingerprint density at radius 2 is 2.29 bits per heavy atom. The van der Waals surface area contributed by atoms with E-state index in [4.69, 9.17) is 10.7 Å². The van der Waals surface area contributed by atoms with Crippen molar-refractivity contribution in [1.82, 2.24) is 0 Å². The summed E-state index contributed by atoms with van der Waals surface area (Å²) in [6.07, 6.45) is 2.31. The van der Waals surface area contributed by atoms with E-state index in [2.05, 4.69) is 0 Å². The predicted molar refractivity (Wildman–Crippen MR) is 30.9 cm³/mol. The molecule has 0 aliphatic rings. The Morgan fingerprint density at radius 1 is 1.71 bits per heavy atom. The molecule has 0 rings (SSSR count). The van der Waals surface area contributed by atoms with Crippen LogP contribution in [0.4, 0.5) is 0 Å². The largest absolute Gasteiger partial charge is 0.313 e. The van der Waals surface area contributed by atoms with E-state index in [1.54, 1.807) is 0 Å². The van der Waals surface area contributed by atoms with E-state index in [9.17, 15) is 0 Å². The number of hydrogen-bond acceptors (Lipinski definition) is 2. The molecule has 3 heteroatoms. The van der Waals surface area contributed by atoms with Crippen LogP contribution in [0.2, 0.25) is 0 Å². The Bertz CT molecular complexity index is 74.2. The lowest BCUT2D eigenvalue weighted by atomic mass is 10.4. The summed E-state index contributed by atoms with van der Waals surface area (Å²) in [5.41, 5.74) is 0. The summed E-state index contributed by atoms with van der Waals surface area (Å²) in [6, 6.07) is 1.92. The lowest BCUT2D eigenvalue weighted by Gasteiger charge is -1.69. The van der Waals surface area contributed by atoms with Crippen LogP contribution in [0.1, 0.15) is 12.8 Å². The van der Waals surface area contributed by atoms with E-state index in [0.717, 1.165) is 0 Å². The van der Waals surface area contributed by atoms with Gasteiger partial charge in [-0.3, -0.25) is 0 Å². The summed E-state index contributed by atoms with van der Waals surface area (Å²) in [7, 11) is 0. The maximum atomic E-state index is 7.84. The molecule has 7 heavy (non-hydrogen) atoms. The van der Waals surface area contributed by atoms with Crippen LogP contribution in [0.25, 0.3) is 0 Å². The quantitative estimate of drug-likeness (QED) is 0.432. The molecule has 0 aliphatic heterocycles. The summed E-state index contributed by atoms with van der Waals surface area (Å²) in [5, 5.41) is 14.3. The van der Waals surface area contributed by atoms with Gasteiger partial charge in [0.05, 0.1) is 6.07 Å². The van der Waals surface area contributed by atoms with Gasteiger partial charge in [0.25, 0.3) is 0 Å². The molecule has 0 aliphatic carbocycles. The number of rotatable bonds is 2. The monoisotopic (exact) mass is 118 g/mol. The minimum absolute atomic E-state index is 0. The predicted octanol–water partition coefficient (Wildman–Crippen LogP) is 1.36. The van der Waals surface area contributed by atoms with Gasteiger partial charge in [-0.2, -0.15) is 5.26 Å². The summed E-state index contributed by atoms with van der Waals surface area (Å²) in [6.45, 7) is 0. The standard InChI is InChI=1S/C4H6N2.ClH/c5-3-1-2-4-6;/h3,5H,1-2H2;1H. The summed E-state index contributed by atoms with van der Waals surface area (Å²) in [5.74, 6) is 0.